The Balaban J connectivity index is 1.03. The Labute approximate surface area is 342 Å². The van der Waals surface area contributed by atoms with Crippen LogP contribution in [0, 0.1) is 0 Å². The highest BCUT2D eigenvalue weighted by Crippen LogP contribution is 2.46. The summed E-state index contributed by atoms with van der Waals surface area (Å²) >= 11 is 1.87. The highest BCUT2D eigenvalue weighted by molar-refractivity contribution is 7.26. The van der Waals surface area contributed by atoms with Crippen molar-refractivity contribution in [3.8, 4) is 44.5 Å². The van der Waals surface area contributed by atoms with E-state index in [2.05, 4.69) is 229 Å². The fourth-order valence-corrected chi connectivity index (χ4v) is 9.83. The molecule has 2 heteroatoms. The van der Waals surface area contributed by atoms with Crippen LogP contribution in [0.5, 0.6) is 0 Å². The largest absolute Gasteiger partial charge is 0.309 e. The van der Waals surface area contributed by atoms with Crippen LogP contribution in [0.3, 0.4) is 0 Å². The molecule has 11 aromatic rings. The summed E-state index contributed by atoms with van der Waals surface area (Å²) in [6.45, 7) is 0. The van der Waals surface area contributed by atoms with E-state index in [0.29, 0.717) is 0 Å². The minimum absolute atomic E-state index is 1.11. The lowest BCUT2D eigenvalue weighted by Gasteiger charge is -2.27. The maximum Gasteiger partial charge on any atom is 0.0640 e. The zero-order chi connectivity index (χ0) is 38.4. The molecule has 1 aromatic heterocycles. The summed E-state index contributed by atoms with van der Waals surface area (Å²) in [6, 6.07) is 81.9. The Morgan fingerprint density at radius 2 is 0.862 bits per heavy atom. The molecule has 0 saturated heterocycles. The first-order valence-electron chi connectivity index (χ1n) is 19.8. The third-order valence-electron chi connectivity index (χ3n) is 11.5. The Hall–Kier alpha value is -7.26. The second-order valence-electron chi connectivity index (χ2n) is 14.9. The van der Waals surface area contributed by atoms with Crippen LogP contribution in [-0.4, -0.2) is 0 Å². The van der Waals surface area contributed by atoms with Crippen LogP contribution in [0.1, 0.15) is 0 Å². The third kappa shape index (κ3) is 6.03. The molecule has 10 aromatic carbocycles. The molecule has 0 aliphatic rings. The molecule has 272 valence electrons. The average Bonchev–Trinajstić information content (AvgIpc) is 3.69. The van der Waals surface area contributed by atoms with Gasteiger partial charge in [-0.3, -0.25) is 0 Å². The summed E-state index contributed by atoms with van der Waals surface area (Å²) < 4.78 is 2.58. The molecule has 11 rings (SSSR count). The molecule has 1 heterocycles. The summed E-state index contributed by atoms with van der Waals surface area (Å²) in [5.41, 5.74) is 13.1. The highest BCUT2D eigenvalue weighted by atomic mass is 32.1. The van der Waals surface area contributed by atoms with E-state index in [-0.39, 0.29) is 0 Å². The van der Waals surface area contributed by atoms with Crippen molar-refractivity contribution in [2.45, 2.75) is 0 Å². The van der Waals surface area contributed by atoms with Gasteiger partial charge in [-0.2, -0.15) is 0 Å². The fourth-order valence-electron chi connectivity index (χ4n) is 8.63. The van der Waals surface area contributed by atoms with Gasteiger partial charge < -0.3 is 4.90 Å². The standard InChI is InChI=1S/C56H37NS/c1-2-13-38(14-3-1)44-30-29-40-17-11-25-50(53(40)37-44)45-20-8-18-42(35-45)43-19-9-21-47(36-43)57(54-27-12-26-52-51-23-6-7-28-55(51)58-56(52)54)46-33-31-41(32-34-46)49-24-10-16-39-15-4-5-22-48(39)49/h1-37H. The van der Waals surface area contributed by atoms with Gasteiger partial charge in [-0.05, 0) is 115 Å². The number of rotatable bonds is 7. The van der Waals surface area contributed by atoms with Gasteiger partial charge in [0, 0.05) is 26.8 Å². The van der Waals surface area contributed by atoms with Crippen molar-refractivity contribution >= 4 is 70.1 Å². The predicted molar refractivity (Wildman–Crippen MR) is 251 cm³/mol. The second kappa shape index (κ2) is 14.4. The first kappa shape index (κ1) is 34.0. The van der Waals surface area contributed by atoms with Gasteiger partial charge in [-0.1, -0.05) is 176 Å². The Bertz CT molecular complexity index is 3280. The number of benzene rings is 10. The quantitative estimate of drug-likeness (QED) is 0.157. The number of nitrogens with zero attached hydrogens (tertiary/aromatic N) is 1. The van der Waals surface area contributed by atoms with E-state index < -0.39 is 0 Å². The van der Waals surface area contributed by atoms with Gasteiger partial charge >= 0.3 is 0 Å². The van der Waals surface area contributed by atoms with E-state index in [1.54, 1.807) is 0 Å². The zero-order valence-corrected chi connectivity index (χ0v) is 32.5. The predicted octanol–water partition coefficient (Wildman–Crippen LogP) is 16.5. The van der Waals surface area contributed by atoms with Crippen molar-refractivity contribution in [3.63, 3.8) is 0 Å². The Kier molecular flexibility index (Phi) is 8.42. The SMILES string of the molecule is c1ccc(-c2ccc3cccc(-c4cccc(-c5cccc(N(c6ccc(-c7cccc8ccccc78)cc6)c6cccc7c6sc6ccccc67)c5)c4)c3c2)cc1. The third-order valence-corrected chi connectivity index (χ3v) is 12.7. The molecule has 0 unspecified atom stereocenters. The van der Waals surface area contributed by atoms with Crippen LogP contribution in [0.15, 0.2) is 224 Å². The van der Waals surface area contributed by atoms with Crippen molar-refractivity contribution in [1.29, 1.82) is 0 Å². The van der Waals surface area contributed by atoms with Gasteiger partial charge in [0.1, 0.15) is 0 Å². The number of anilines is 3. The van der Waals surface area contributed by atoms with Crippen molar-refractivity contribution in [2.75, 3.05) is 4.90 Å². The highest BCUT2D eigenvalue weighted by Gasteiger charge is 2.19. The van der Waals surface area contributed by atoms with E-state index >= 15 is 0 Å². The van der Waals surface area contributed by atoms with Crippen LogP contribution in [0.4, 0.5) is 17.1 Å². The number of fused-ring (bicyclic) bond motifs is 5. The summed E-state index contributed by atoms with van der Waals surface area (Å²) in [6.07, 6.45) is 0. The van der Waals surface area contributed by atoms with Crippen molar-refractivity contribution in [1.82, 2.24) is 0 Å². The monoisotopic (exact) mass is 755 g/mol. The topological polar surface area (TPSA) is 3.24 Å². The first-order chi connectivity index (χ1) is 28.7. The Morgan fingerprint density at radius 3 is 1.71 bits per heavy atom. The normalized spacial score (nSPS) is 11.4. The maximum atomic E-state index is 2.44. The number of thiophene rings is 1. The molecule has 1 nitrogen and oxygen atoms in total. The molecule has 0 radical (unpaired) electrons. The van der Waals surface area contributed by atoms with E-state index in [0.717, 1.165) is 11.4 Å². The number of hydrogen-bond acceptors (Lipinski definition) is 2. The van der Waals surface area contributed by atoms with Gasteiger partial charge in [0.2, 0.25) is 0 Å². The van der Waals surface area contributed by atoms with E-state index in [4.69, 9.17) is 0 Å². The summed E-state index contributed by atoms with van der Waals surface area (Å²) in [5, 5.41) is 7.59. The number of hydrogen-bond donors (Lipinski definition) is 0. The molecule has 0 spiro atoms. The van der Waals surface area contributed by atoms with Crippen molar-refractivity contribution < 1.29 is 0 Å². The second-order valence-corrected chi connectivity index (χ2v) is 16.0. The summed E-state index contributed by atoms with van der Waals surface area (Å²) in [5.74, 6) is 0. The zero-order valence-electron chi connectivity index (χ0n) is 31.7. The van der Waals surface area contributed by atoms with Gasteiger partial charge in [0.25, 0.3) is 0 Å². The minimum atomic E-state index is 1.11. The molecule has 0 aliphatic heterocycles. The van der Waals surface area contributed by atoms with Crippen molar-refractivity contribution in [3.05, 3.63) is 224 Å². The molecule has 0 fully saturated rings. The van der Waals surface area contributed by atoms with E-state index in [1.165, 1.54) is 91.9 Å². The lowest BCUT2D eigenvalue weighted by molar-refractivity contribution is 1.30. The Morgan fingerprint density at radius 1 is 0.293 bits per heavy atom. The maximum absolute atomic E-state index is 2.44. The molecule has 0 atom stereocenters. The molecule has 0 N–H and O–H groups in total. The van der Waals surface area contributed by atoms with Crippen molar-refractivity contribution in [2.24, 2.45) is 0 Å². The smallest absolute Gasteiger partial charge is 0.0640 e. The lowest BCUT2D eigenvalue weighted by atomic mass is 9.93. The van der Waals surface area contributed by atoms with Crippen LogP contribution in [0.2, 0.25) is 0 Å². The molecule has 58 heavy (non-hydrogen) atoms. The van der Waals surface area contributed by atoms with Gasteiger partial charge in [-0.25, -0.2) is 0 Å². The van der Waals surface area contributed by atoms with Crippen LogP contribution >= 0.6 is 11.3 Å². The molecule has 0 bridgehead atoms. The summed E-state index contributed by atoms with van der Waals surface area (Å²) in [4.78, 5) is 2.44. The first-order valence-corrected chi connectivity index (χ1v) is 20.6. The molecule has 0 amide bonds. The average molecular weight is 756 g/mol. The minimum Gasteiger partial charge on any atom is -0.309 e. The lowest BCUT2D eigenvalue weighted by Crippen LogP contribution is -2.10. The molecular weight excluding hydrogens is 719 g/mol. The molecular formula is C56H37NS. The van der Waals surface area contributed by atoms with Crippen LogP contribution in [0.25, 0.3) is 86.2 Å². The fraction of sp³-hybridized carbons (Fsp3) is 0. The van der Waals surface area contributed by atoms with Crippen LogP contribution in [-0.2, 0) is 0 Å². The van der Waals surface area contributed by atoms with E-state index in [9.17, 15) is 0 Å². The van der Waals surface area contributed by atoms with Crippen LogP contribution < -0.4 is 4.90 Å². The molecule has 0 saturated carbocycles. The van der Waals surface area contributed by atoms with E-state index in [1.807, 2.05) is 11.3 Å². The van der Waals surface area contributed by atoms with Gasteiger partial charge in [0.05, 0.1) is 10.4 Å². The van der Waals surface area contributed by atoms with Gasteiger partial charge in [-0.15, -0.1) is 11.3 Å². The van der Waals surface area contributed by atoms with Gasteiger partial charge in [0.15, 0.2) is 0 Å². The molecule has 0 aliphatic carbocycles. The summed E-state index contributed by atoms with van der Waals surface area (Å²) in [7, 11) is 0.